The van der Waals surface area contributed by atoms with E-state index in [4.69, 9.17) is 4.74 Å². The summed E-state index contributed by atoms with van der Waals surface area (Å²) >= 11 is 0. The number of ether oxygens (including phenoxy) is 1. The standard InChI is InChI=1S/C9H22NO2P/c1-6-12-7-13(11)10(8(2)3)9(4)5/h8-9,11H,6-7H2,1-5H3. The number of nitrogens with zero attached hydrogens (tertiary/aromatic N) is 1. The van der Waals surface area contributed by atoms with E-state index in [0.29, 0.717) is 25.0 Å². The van der Waals surface area contributed by atoms with Gasteiger partial charge in [-0.2, -0.15) is 0 Å². The van der Waals surface area contributed by atoms with Crippen molar-refractivity contribution in [3.63, 3.8) is 0 Å². The van der Waals surface area contributed by atoms with Crippen LogP contribution in [-0.2, 0) is 4.74 Å². The van der Waals surface area contributed by atoms with Gasteiger partial charge in [-0.05, 0) is 34.6 Å². The largest absolute Gasteiger partial charge is 0.373 e. The van der Waals surface area contributed by atoms with E-state index in [1.54, 1.807) is 0 Å². The fraction of sp³-hybridized carbons (Fsp3) is 1.00. The van der Waals surface area contributed by atoms with Crippen molar-refractivity contribution in [2.75, 3.05) is 13.0 Å². The van der Waals surface area contributed by atoms with Crippen LogP contribution in [0.5, 0.6) is 0 Å². The molecule has 0 aromatic carbocycles. The van der Waals surface area contributed by atoms with Gasteiger partial charge in [-0.15, -0.1) is 0 Å². The van der Waals surface area contributed by atoms with Gasteiger partial charge in [0.2, 0.25) is 0 Å². The van der Waals surface area contributed by atoms with Crippen LogP contribution in [0, 0.1) is 0 Å². The van der Waals surface area contributed by atoms with E-state index in [1.165, 1.54) is 0 Å². The van der Waals surface area contributed by atoms with Crippen molar-refractivity contribution in [1.82, 2.24) is 4.67 Å². The Kier molecular flexibility index (Phi) is 6.88. The van der Waals surface area contributed by atoms with Gasteiger partial charge < -0.3 is 9.63 Å². The van der Waals surface area contributed by atoms with E-state index in [-0.39, 0.29) is 0 Å². The first-order chi connectivity index (χ1) is 6.00. The van der Waals surface area contributed by atoms with Crippen LogP contribution in [0.25, 0.3) is 0 Å². The molecule has 4 heteroatoms. The molecule has 0 heterocycles. The Morgan fingerprint density at radius 3 is 2.00 bits per heavy atom. The van der Waals surface area contributed by atoms with Gasteiger partial charge in [0.05, 0.1) is 0 Å². The normalized spacial score (nSPS) is 14.5. The van der Waals surface area contributed by atoms with Crippen molar-refractivity contribution >= 4 is 8.30 Å². The molecule has 0 saturated carbocycles. The molecule has 0 rings (SSSR count). The Balaban J connectivity index is 4.04. The lowest BCUT2D eigenvalue weighted by Crippen LogP contribution is -2.33. The van der Waals surface area contributed by atoms with E-state index >= 15 is 0 Å². The first-order valence-electron chi connectivity index (χ1n) is 4.83. The fourth-order valence-electron chi connectivity index (χ4n) is 1.37. The summed E-state index contributed by atoms with van der Waals surface area (Å²) in [6, 6.07) is 0.744. The Hall–Kier alpha value is 0.310. The highest BCUT2D eigenvalue weighted by Crippen LogP contribution is 2.38. The minimum Gasteiger partial charge on any atom is -0.373 e. The molecule has 1 atom stereocenters. The molecular formula is C9H22NO2P. The van der Waals surface area contributed by atoms with Crippen LogP contribution in [0.4, 0.5) is 0 Å². The van der Waals surface area contributed by atoms with Crippen molar-refractivity contribution in [3.8, 4) is 0 Å². The second-order valence-corrected chi connectivity index (χ2v) is 5.03. The maximum Gasteiger partial charge on any atom is 0.129 e. The molecule has 13 heavy (non-hydrogen) atoms. The van der Waals surface area contributed by atoms with Crippen LogP contribution < -0.4 is 0 Å². The molecule has 0 fully saturated rings. The first-order valence-corrected chi connectivity index (χ1v) is 6.26. The Morgan fingerprint density at radius 2 is 1.69 bits per heavy atom. The fourth-order valence-corrected chi connectivity index (χ4v) is 2.91. The summed E-state index contributed by atoms with van der Waals surface area (Å²) < 4.78 is 7.32. The van der Waals surface area contributed by atoms with E-state index in [9.17, 15) is 4.89 Å². The SMILES string of the molecule is CCOCP(O)N(C(C)C)C(C)C. The highest BCUT2D eigenvalue weighted by atomic mass is 31.2. The molecule has 0 aromatic heterocycles. The summed E-state index contributed by atoms with van der Waals surface area (Å²) in [5.74, 6) is 0. The molecular weight excluding hydrogens is 185 g/mol. The summed E-state index contributed by atoms with van der Waals surface area (Å²) in [6.45, 7) is 11.0. The van der Waals surface area contributed by atoms with Crippen LogP contribution in [0.1, 0.15) is 34.6 Å². The highest BCUT2D eigenvalue weighted by Gasteiger charge is 2.21. The Morgan fingerprint density at radius 1 is 1.23 bits per heavy atom. The molecule has 0 amide bonds. The maximum atomic E-state index is 9.85. The van der Waals surface area contributed by atoms with E-state index < -0.39 is 8.30 Å². The second kappa shape index (κ2) is 6.72. The molecule has 0 aliphatic rings. The number of hydrogen-bond acceptors (Lipinski definition) is 3. The summed E-state index contributed by atoms with van der Waals surface area (Å²) in [4.78, 5) is 9.85. The Bertz CT molecular complexity index is 123. The average Bonchev–Trinajstić information content (AvgIpc) is 1.99. The third-order valence-corrected chi connectivity index (χ3v) is 3.61. The number of rotatable bonds is 6. The van der Waals surface area contributed by atoms with Crippen LogP contribution in [0.3, 0.4) is 0 Å². The monoisotopic (exact) mass is 207 g/mol. The lowest BCUT2D eigenvalue weighted by atomic mass is 10.3. The van der Waals surface area contributed by atoms with Gasteiger partial charge in [0.1, 0.15) is 14.6 Å². The van der Waals surface area contributed by atoms with Gasteiger partial charge >= 0.3 is 0 Å². The quantitative estimate of drug-likeness (QED) is 0.679. The van der Waals surface area contributed by atoms with Crippen molar-refractivity contribution < 1.29 is 9.63 Å². The van der Waals surface area contributed by atoms with Crippen molar-refractivity contribution in [3.05, 3.63) is 0 Å². The van der Waals surface area contributed by atoms with Crippen LogP contribution >= 0.6 is 8.30 Å². The number of hydrogen-bond donors (Lipinski definition) is 1. The zero-order valence-corrected chi connectivity index (χ0v) is 10.2. The molecule has 0 saturated heterocycles. The minimum absolute atomic E-state index is 0.372. The lowest BCUT2D eigenvalue weighted by Gasteiger charge is -2.33. The third-order valence-electron chi connectivity index (χ3n) is 1.74. The van der Waals surface area contributed by atoms with Gasteiger partial charge in [0, 0.05) is 18.7 Å². The molecule has 0 aliphatic heterocycles. The maximum absolute atomic E-state index is 9.85. The minimum atomic E-state index is -1.12. The molecule has 3 nitrogen and oxygen atoms in total. The molecule has 1 N–H and O–H groups in total. The van der Waals surface area contributed by atoms with Gasteiger partial charge in [-0.3, -0.25) is 4.67 Å². The summed E-state index contributed by atoms with van der Waals surface area (Å²) in [5, 5.41) is 0. The van der Waals surface area contributed by atoms with Crippen molar-refractivity contribution in [2.24, 2.45) is 0 Å². The van der Waals surface area contributed by atoms with E-state index in [1.807, 2.05) is 6.92 Å². The summed E-state index contributed by atoms with van der Waals surface area (Å²) in [5.41, 5.74) is 0. The van der Waals surface area contributed by atoms with Crippen LogP contribution in [0.15, 0.2) is 0 Å². The van der Waals surface area contributed by atoms with E-state index in [0.717, 1.165) is 0 Å². The summed E-state index contributed by atoms with van der Waals surface area (Å²) in [7, 11) is -1.12. The molecule has 0 aromatic rings. The Labute approximate surface area is 83.0 Å². The van der Waals surface area contributed by atoms with Crippen LogP contribution in [-0.4, -0.2) is 34.6 Å². The van der Waals surface area contributed by atoms with Gasteiger partial charge in [-0.25, -0.2) is 0 Å². The summed E-state index contributed by atoms with van der Waals surface area (Å²) in [6.07, 6.45) is 0.461. The molecule has 0 radical (unpaired) electrons. The second-order valence-electron chi connectivity index (χ2n) is 3.56. The van der Waals surface area contributed by atoms with Crippen molar-refractivity contribution in [1.29, 1.82) is 0 Å². The van der Waals surface area contributed by atoms with Crippen LogP contribution in [0.2, 0.25) is 0 Å². The predicted octanol–water partition coefficient (Wildman–Crippen LogP) is 2.40. The highest BCUT2D eigenvalue weighted by molar-refractivity contribution is 7.48. The topological polar surface area (TPSA) is 32.7 Å². The zero-order chi connectivity index (χ0) is 10.4. The van der Waals surface area contributed by atoms with E-state index in [2.05, 4.69) is 32.4 Å². The molecule has 1 unspecified atom stereocenters. The van der Waals surface area contributed by atoms with Gasteiger partial charge in [-0.1, -0.05) is 0 Å². The third kappa shape index (κ3) is 4.92. The molecule has 80 valence electrons. The first kappa shape index (κ1) is 13.3. The lowest BCUT2D eigenvalue weighted by molar-refractivity contribution is 0.177. The average molecular weight is 207 g/mol. The van der Waals surface area contributed by atoms with Gasteiger partial charge in [0.25, 0.3) is 0 Å². The zero-order valence-electron chi connectivity index (χ0n) is 9.32. The molecule has 0 aliphatic carbocycles. The van der Waals surface area contributed by atoms with Gasteiger partial charge in [0.15, 0.2) is 0 Å². The smallest absolute Gasteiger partial charge is 0.129 e. The predicted molar refractivity (Wildman–Crippen MR) is 57.7 cm³/mol. The molecule has 0 bridgehead atoms. The van der Waals surface area contributed by atoms with Crippen molar-refractivity contribution in [2.45, 2.75) is 46.7 Å². The molecule has 0 spiro atoms.